The number of methoxy groups -OCH3 is 1. The van der Waals surface area contributed by atoms with Gasteiger partial charge in [-0.1, -0.05) is 11.6 Å². The molecule has 0 saturated carbocycles. The Morgan fingerprint density at radius 3 is 2.62 bits per heavy atom. The summed E-state index contributed by atoms with van der Waals surface area (Å²) in [6.07, 6.45) is 0. The molecule has 0 saturated heterocycles. The highest BCUT2D eigenvalue weighted by Gasteiger charge is 2.20. The predicted octanol–water partition coefficient (Wildman–Crippen LogP) is 2.87. The summed E-state index contributed by atoms with van der Waals surface area (Å²) >= 11 is 5.85. The number of nitrogen functional groups attached to an aromatic ring is 1. The topological polar surface area (TPSA) is 81.4 Å². The van der Waals surface area contributed by atoms with Crippen molar-refractivity contribution in [3.8, 4) is 5.75 Å². The average molecular weight is 331 g/mol. The zero-order chi connectivity index (χ0) is 15.6. The van der Waals surface area contributed by atoms with Gasteiger partial charge in [-0.05, 0) is 30.3 Å². The fraction of sp³-hybridized carbons (Fsp3) is 0.0769. The Bertz CT molecular complexity index is 781. The predicted molar refractivity (Wildman–Crippen MR) is 79.6 cm³/mol. The van der Waals surface area contributed by atoms with Crippen LogP contribution in [0.1, 0.15) is 0 Å². The molecule has 0 aliphatic heterocycles. The van der Waals surface area contributed by atoms with Gasteiger partial charge in [0.15, 0.2) is 0 Å². The molecule has 2 aromatic rings. The number of hydrogen-bond acceptors (Lipinski definition) is 4. The van der Waals surface area contributed by atoms with E-state index in [0.717, 1.165) is 6.07 Å². The Morgan fingerprint density at radius 2 is 1.95 bits per heavy atom. The molecule has 0 aliphatic rings. The Hall–Kier alpha value is -1.99. The molecule has 0 unspecified atom stereocenters. The largest absolute Gasteiger partial charge is 0.497 e. The molecule has 0 heterocycles. The fourth-order valence-electron chi connectivity index (χ4n) is 1.64. The Labute approximate surface area is 126 Å². The zero-order valence-electron chi connectivity index (χ0n) is 10.9. The minimum atomic E-state index is -4.07. The molecule has 112 valence electrons. The van der Waals surface area contributed by atoms with E-state index in [1.54, 1.807) is 0 Å². The van der Waals surface area contributed by atoms with Crippen molar-refractivity contribution in [3.05, 3.63) is 47.2 Å². The number of benzene rings is 2. The van der Waals surface area contributed by atoms with E-state index in [2.05, 4.69) is 4.72 Å². The first-order valence-corrected chi connectivity index (χ1v) is 7.61. The van der Waals surface area contributed by atoms with Crippen LogP contribution in [0.3, 0.4) is 0 Å². The summed E-state index contributed by atoms with van der Waals surface area (Å²) in [5.74, 6) is -0.424. The average Bonchev–Trinajstić information content (AvgIpc) is 2.43. The smallest absolute Gasteiger partial charge is 0.263 e. The Balaban J connectivity index is 2.44. The molecule has 2 aromatic carbocycles. The summed E-state index contributed by atoms with van der Waals surface area (Å²) in [5.41, 5.74) is 5.53. The lowest BCUT2D eigenvalue weighted by Gasteiger charge is -2.11. The van der Waals surface area contributed by atoms with Gasteiger partial charge in [0, 0.05) is 11.8 Å². The van der Waals surface area contributed by atoms with Gasteiger partial charge in [-0.3, -0.25) is 4.72 Å². The molecule has 0 spiro atoms. The van der Waals surface area contributed by atoms with Gasteiger partial charge in [0.2, 0.25) is 0 Å². The molecule has 21 heavy (non-hydrogen) atoms. The van der Waals surface area contributed by atoms with Crippen LogP contribution in [0.5, 0.6) is 5.75 Å². The van der Waals surface area contributed by atoms with Gasteiger partial charge >= 0.3 is 0 Å². The number of sulfonamides is 1. The lowest BCUT2D eigenvalue weighted by Crippen LogP contribution is -2.15. The second-order valence-electron chi connectivity index (χ2n) is 4.14. The molecule has 0 amide bonds. The maximum absolute atomic E-state index is 13.7. The molecule has 8 heteroatoms. The summed E-state index contributed by atoms with van der Waals surface area (Å²) in [6, 6.07) is 7.72. The number of nitrogens with one attached hydrogen (secondary N) is 1. The van der Waals surface area contributed by atoms with E-state index < -0.39 is 15.8 Å². The highest BCUT2D eigenvalue weighted by molar-refractivity contribution is 7.92. The number of hydrogen-bond donors (Lipinski definition) is 2. The van der Waals surface area contributed by atoms with Crippen molar-refractivity contribution in [3.63, 3.8) is 0 Å². The minimum Gasteiger partial charge on any atom is -0.497 e. The summed E-state index contributed by atoms with van der Waals surface area (Å²) in [6.45, 7) is 0. The third-order valence-electron chi connectivity index (χ3n) is 2.66. The van der Waals surface area contributed by atoms with Crippen molar-refractivity contribution in [2.45, 2.75) is 4.90 Å². The van der Waals surface area contributed by atoms with Crippen molar-refractivity contribution in [1.82, 2.24) is 0 Å². The molecule has 5 nitrogen and oxygen atoms in total. The van der Waals surface area contributed by atoms with Crippen LogP contribution in [-0.4, -0.2) is 15.5 Å². The molecular formula is C13H12ClFN2O3S. The first kappa shape index (κ1) is 15.4. The van der Waals surface area contributed by atoms with Crippen LogP contribution in [0, 0.1) is 5.82 Å². The lowest BCUT2D eigenvalue weighted by atomic mass is 10.3. The van der Waals surface area contributed by atoms with E-state index in [0.29, 0.717) is 5.75 Å². The van der Waals surface area contributed by atoms with E-state index in [4.69, 9.17) is 22.1 Å². The monoisotopic (exact) mass is 330 g/mol. The summed E-state index contributed by atoms with van der Waals surface area (Å²) < 4.78 is 45.3. The van der Waals surface area contributed by atoms with Gasteiger partial charge in [-0.25, -0.2) is 12.8 Å². The van der Waals surface area contributed by atoms with Crippen molar-refractivity contribution in [1.29, 1.82) is 0 Å². The van der Waals surface area contributed by atoms with E-state index in [-0.39, 0.29) is 21.3 Å². The summed E-state index contributed by atoms with van der Waals surface area (Å²) in [4.78, 5) is -0.230. The first-order valence-electron chi connectivity index (χ1n) is 5.75. The molecule has 0 aliphatic carbocycles. The Kier molecular flexibility index (Phi) is 4.24. The molecule has 3 N–H and O–H groups in total. The fourth-order valence-corrected chi connectivity index (χ4v) is 3.23. The SMILES string of the molecule is COc1ccc(F)c(NS(=O)(=O)c2cc(N)ccc2Cl)c1. The highest BCUT2D eigenvalue weighted by atomic mass is 35.5. The maximum atomic E-state index is 13.7. The van der Waals surface area contributed by atoms with Crippen LogP contribution >= 0.6 is 11.6 Å². The first-order chi connectivity index (χ1) is 9.83. The van der Waals surface area contributed by atoms with Gasteiger partial charge in [0.25, 0.3) is 10.0 Å². The third-order valence-corrected chi connectivity index (χ3v) is 4.51. The van der Waals surface area contributed by atoms with Crippen LogP contribution in [0.25, 0.3) is 0 Å². The van der Waals surface area contributed by atoms with Gasteiger partial charge in [0.05, 0.1) is 17.8 Å². The van der Waals surface area contributed by atoms with Gasteiger partial charge < -0.3 is 10.5 Å². The minimum absolute atomic E-state index is 0.0139. The number of rotatable bonds is 4. The standard InChI is InChI=1S/C13H12ClFN2O3S/c1-20-9-3-5-11(15)12(7-9)17-21(18,19)13-6-8(16)2-4-10(13)14/h2-7,17H,16H2,1H3. The molecule has 0 bridgehead atoms. The van der Waals surface area contributed by atoms with E-state index in [1.807, 2.05) is 0 Å². The number of halogens is 2. The molecular weight excluding hydrogens is 319 g/mol. The van der Waals surface area contributed by atoms with Crippen LogP contribution in [0.2, 0.25) is 5.02 Å². The molecule has 0 aromatic heterocycles. The summed E-state index contributed by atoms with van der Waals surface area (Å²) in [7, 11) is -2.68. The van der Waals surface area contributed by atoms with Crippen molar-refractivity contribution in [2.75, 3.05) is 17.6 Å². The zero-order valence-corrected chi connectivity index (χ0v) is 12.5. The van der Waals surface area contributed by atoms with Gasteiger partial charge in [0.1, 0.15) is 16.5 Å². The van der Waals surface area contributed by atoms with Crippen LogP contribution < -0.4 is 15.2 Å². The van der Waals surface area contributed by atoms with E-state index in [9.17, 15) is 12.8 Å². The van der Waals surface area contributed by atoms with E-state index >= 15 is 0 Å². The second kappa shape index (κ2) is 5.79. The number of anilines is 2. The Morgan fingerprint density at radius 1 is 1.24 bits per heavy atom. The van der Waals surface area contributed by atoms with Crippen LogP contribution in [0.15, 0.2) is 41.3 Å². The third kappa shape index (κ3) is 3.37. The van der Waals surface area contributed by atoms with Crippen molar-refractivity contribution >= 4 is 33.0 Å². The van der Waals surface area contributed by atoms with Crippen molar-refractivity contribution in [2.24, 2.45) is 0 Å². The van der Waals surface area contributed by atoms with Crippen molar-refractivity contribution < 1.29 is 17.5 Å². The maximum Gasteiger partial charge on any atom is 0.263 e. The van der Waals surface area contributed by atoms with Crippen LogP contribution in [-0.2, 0) is 10.0 Å². The quantitative estimate of drug-likeness (QED) is 0.845. The molecule has 0 fully saturated rings. The molecule has 0 atom stereocenters. The second-order valence-corrected chi connectivity index (χ2v) is 6.20. The number of nitrogens with two attached hydrogens (primary N) is 1. The summed E-state index contributed by atoms with van der Waals surface area (Å²) in [5, 5.41) is -0.0139. The van der Waals surface area contributed by atoms with E-state index in [1.165, 1.54) is 37.4 Å². The van der Waals surface area contributed by atoms with Gasteiger partial charge in [-0.15, -0.1) is 0 Å². The molecule has 2 rings (SSSR count). The highest BCUT2D eigenvalue weighted by Crippen LogP contribution is 2.28. The lowest BCUT2D eigenvalue weighted by molar-refractivity contribution is 0.414. The van der Waals surface area contributed by atoms with Gasteiger partial charge in [-0.2, -0.15) is 0 Å². The normalized spacial score (nSPS) is 11.2. The van der Waals surface area contributed by atoms with Crippen LogP contribution in [0.4, 0.5) is 15.8 Å². The molecule has 0 radical (unpaired) electrons. The number of ether oxygens (including phenoxy) is 1.